The molecule has 0 aromatic carbocycles. The third kappa shape index (κ3) is 3.83. The van der Waals surface area contributed by atoms with Gasteiger partial charge in [0.1, 0.15) is 5.01 Å². The molecule has 5 heteroatoms. The van der Waals surface area contributed by atoms with Gasteiger partial charge in [0, 0.05) is 24.5 Å². The molecule has 1 N–H and O–H groups in total. The van der Waals surface area contributed by atoms with Gasteiger partial charge in [-0.25, -0.2) is 4.98 Å². The summed E-state index contributed by atoms with van der Waals surface area (Å²) < 4.78 is 0. The first-order valence-corrected chi connectivity index (χ1v) is 9.12. The minimum atomic E-state index is 0.235. The van der Waals surface area contributed by atoms with Crippen molar-refractivity contribution in [1.29, 1.82) is 0 Å². The van der Waals surface area contributed by atoms with Gasteiger partial charge in [0.2, 0.25) is 5.91 Å². The number of piperidine rings is 2. The molecule has 116 valence electrons. The second-order valence-corrected chi connectivity index (χ2v) is 7.13. The van der Waals surface area contributed by atoms with Gasteiger partial charge in [0.15, 0.2) is 0 Å². The van der Waals surface area contributed by atoms with Crippen LogP contribution in [-0.4, -0.2) is 35.4 Å². The number of aromatic nitrogens is 1. The number of nitrogens with zero attached hydrogens (tertiary/aromatic N) is 2. The van der Waals surface area contributed by atoms with Gasteiger partial charge in [-0.1, -0.05) is 0 Å². The molecule has 2 saturated heterocycles. The molecule has 0 saturated carbocycles. The summed E-state index contributed by atoms with van der Waals surface area (Å²) in [5.41, 5.74) is 0. The van der Waals surface area contributed by atoms with Gasteiger partial charge in [-0.15, -0.1) is 11.3 Å². The van der Waals surface area contributed by atoms with Crippen molar-refractivity contribution in [2.75, 3.05) is 19.6 Å². The Morgan fingerprint density at radius 3 is 2.95 bits per heavy atom. The van der Waals surface area contributed by atoms with E-state index in [9.17, 15) is 4.79 Å². The van der Waals surface area contributed by atoms with E-state index in [1.807, 2.05) is 11.6 Å². The standard InChI is InChI=1S/C16H25N3OS/c20-15(5-4-13-6-8-17-9-7-13)19-11-2-1-3-14(19)16-18-10-12-21-16/h10,12-14,17H,1-9,11H2. The van der Waals surface area contributed by atoms with Crippen LogP contribution >= 0.6 is 11.3 Å². The highest BCUT2D eigenvalue weighted by atomic mass is 32.1. The summed E-state index contributed by atoms with van der Waals surface area (Å²) in [5, 5.41) is 6.52. The Balaban J connectivity index is 1.56. The van der Waals surface area contributed by atoms with Crippen LogP contribution < -0.4 is 5.32 Å². The first-order chi connectivity index (χ1) is 10.3. The van der Waals surface area contributed by atoms with Crippen molar-refractivity contribution in [1.82, 2.24) is 15.2 Å². The van der Waals surface area contributed by atoms with E-state index >= 15 is 0 Å². The van der Waals surface area contributed by atoms with Crippen molar-refractivity contribution in [2.24, 2.45) is 5.92 Å². The quantitative estimate of drug-likeness (QED) is 0.930. The highest BCUT2D eigenvalue weighted by molar-refractivity contribution is 7.09. The van der Waals surface area contributed by atoms with Gasteiger partial charge in [-0.2, -0.15) is 0 Å². The van der Waals surface area contributed by atoms with E-state index in [0.717, 1.165) is 49.8 Å². The van der Waals surface area contributed by atoms with E-state index < -0.39 is 0 Å². The molecular formula is C16H25N3OS. The summed E-state index contributed by atoms with van der Waals surface area (Å²) in [6.45, 7) is 3.14. The zero-order valence-electron chi connectivity index (χ0n) is 12.6. The average molecular weight is 307 g/mol. The number of amides is 1. The van der Waals surface area contributed by atoms with E-state index in [4.69, 9.17) is 0 Å². The van der Waals surface area contributed by atoms with Crippen LogP contribution in [0.15, 0.2) is 11.6 Å². The van der Waals surface area contributed by atoms with E-state index in [-0.39, 0.29) is 6.04 Å². The molecule has 21 heavy (non-hydrogen) atoms. The Labute approximate surface area is 130 Å². The number of thiazole rings is 1. The maximum Gasteiger partial charge on any atom is 0.223 e. The highest BCUT2D eigenvalue weighted by Gasteiger charge is 2.29. The first-order valence-electron chi connectivity index (χ1n) is 8.24. The minimum absolute atomic E-state index is 0.235. The Morgan fingerprint density at radius 2 is 2.19 bits per heavy atom. The molecule has 1 amide bonds. The molecule has 0 aliphatic carbocycles. The number of carbonyl (C=O) groups excluding carboxylic acids is 1. The molecule has 3 heterocycles. The van der Waals surface area contributed by atoms with Crippen LogP contribution in [0.5, 0.6) is 0 Å². The Hall–Kier alpha value is -0.940. The highest BCUT2D eigenvalue weighted by Crippen LogP contribution is 2.33. The van der Waals surface area contributed by atoms with Crippen molar-refractivity contribution in [2.45, 2.75) is 51.0 Å². The summed E-state index contributed by atoms with van der Waals surface area (Å²) >= 11 is 1.68. The van der Waals surface area contributed by atoms with Crippen LogP contribution in [0, 0.1) is 5.92 Å². The van der Waals surface area contributed by atoms with Crippen molar-refractivity contribution < 1.29 is 4.79 Å². The monoisotopic (exact) mass is 307 g/mol. The van der Waals surface area contributed by atoms with Crippen LogP contribution in [0.4, 0.5) is 0 Å². The van der Waals surface area contributed by atoms with Crippen molar-refractivity contribution in [3.63, 3.8) is 0 Å². The van der Waals surface area contributed by atoms with Gasteiger partial charge in [-0.3, -0.25) is 4.79 Å². The summed E-state index contributed by atoms with van der Waals surface area (Å²) in [4.78, 5) is 19.2. The topological polar surface area (TPSA) is 45.2 Å². The molecule has 1 unspecified atom stereocenters. The Morgan fingerprint density at radius 1 is 1.33 bits per heavy atom. The van der Waals surface area contributed by atoms with E-state index in [2.05, 4.69) is 15.2 Å². The van der Waals surface area contributed by atoms with Crippen LogP contribution in [-0.2, 0) is 4.79 Å². The van der Waals surface area contributed by atoms with Gasteiger partial charge in [-0.05, 0) is 57.5 Å². The van der Waals surface area contributed by atoms with Crippen LogP contribution in [0.2, 0.25) is 0 Å². The lowest BCUT2D eigenvalue weighted by Crippen LogP contribution is -2.38. The molecule has 2 aliphatic rings. The fourth-order valence-corrected chi connectivity index (χ4v) is 4.31. The lowest BCUT2D eigenvalue weighted by Gasteiger charge is -2.35. The maximum atomic E-state index is 12.6. The third-order valence-electron chi connectivity index (χ3n) is 4.78. The van der Waals surface area contributed by atoms with Crippen LogP contribution in [0.1, 0.15) is 56.0 Å². The number of carbonyl (C=O) groups is 1. The number of hydrogen-bond acceptors (Lipinski definition) is 4. The predicted octanol–water partition coefficient (Wildman–Crippen LogP) is 2.98. The maximum absolute atomic E-state index is 12.6. The second-order valence-electron chi connectivity index (χ2n) is 6.20. The average Bonchev–Trinajstić information content (AvgIpc) is 3.08. The molecule has 0 spiro atoms. The zero-order valence-corrected chi connectivity index (χ0v) is 13.4. The fraction of sp³-hybridized carbons (Fsp3) is 0.750. The van der Waals surface area contributed by atoms with E-state index in [1.54, 1.807) is 11.3 Å². The zero-order chi connectivity index (χ0) is 14.5. The van der Waals surface area contributed by atoms with Crippen LogP contribution in [0.25, 0.3) is 0 Å². The number of nitrogens with one attached hydrogen (secondary N) is 1. The molecule has 0 bridgehead atoms. The second kappa shape index (κ2) is 7.36. The largest absolute Gasteiger partial charge is 0.333 e. The SMILES string of the molecule is O=C(CCC1CCNCC1)N1CCCCC1c1nccs1. The minimum Gasteiger partial charge on any atom is -0.333 e. The smallest absolute Gasteiger partial charge is 0.223 e. The Kier molecular flexibility index (Phi) is 5.25. The fourth-order valence-electron chi connectivity index (χ4n) is 3.53. The molecule has 2 aliphatic heterocycles. The van der Waals surface area contributed by atoms with Gasteiger partial charge in [0.05, 0.1) is 6.04 Å². The Bertz CT molecular complexity index is 442. The molecule has 3 rings (SSSR count). The third-order valence-corrected chi connectivity index (χ3v) is 5.66. The summed E-state index contributed by atoms with van der Waals surface area (Å²) in [7, 11) is 0. The van der Waals surface area contributed by atoms with Gasteiger partial charge < -0.3 is 10.2 Å². The molecule has 4 nitrogen and oxygen atoms in total. The van der Waals surface area contributed by atoms with Gasteiger partial charge >= 0.3 is 0 Å². The molecule has 1 aromatic rings. The molecule has 1 atom stereocenters. The summed E-state index contributed by atoms with van der Waals surface area (Å²) in [6, 6.07) is 0.235. The lowest BCUT2D eigenvalue weighted by atomic mass is 9.92. The molecule has 2 fully saturated rings. The van der Waals surface area contributed by atoms with Crippen molar-refractivity contribution >= 4 is 17.2 Å². The van der Waals surface area contributed by atoms with E-state index in [0.29, 0.717) is 12.3 Å². The van der Waals surface area contributed by atoms with Crippen molar-refractivity contribution in [3.8, 4) is 0 Å². The predicted molar refractivity (Wildman–Crippen MR) is 85.2 cm³/mol. The normalized spacial score (nSPS) is 24.2. The molecular weight excluding hydrogens is 282 g/mol. The summed E-state index contributed by atoms with van der Waals surface area (Å²) in [5.74, 6) is 1.08. The van der Waals surface area contributed by atoms with E-state index in [1.165, 1.54) is 19.3 Å². The number of rotatable bonds is 4. The molecule has 1 aromatic heterocycles. The van der Waals surface area contributed by atoms with Gasteiger partial charge in [0.25, 0.3) is 0 Å². The molecule has 0 radical (unpaired) electrons. The first kappa shape index (κ1) is 15.0. The van der Waals surface area contributed by atoms with Crippen molar-refractivity contribution in [3.05, 3.63) is 16.6 Å². The lowest BCUT2D eigenvalue weighted by molar-refractivity contribution is -0.135. The number of likely N-dealkylation sites (tertiary alicyclic amines) is 1. The summed E-state index contributed by atoms with van der Waals surface area (Å²) in [6.07, 6.45) is 9.50. The number of hydrogen-bond donors (Lipinski definition) is 1. The van der Waals surface area contributed by atoms with Crippen LogP contribution in [0.3, 0.4) is 0 Å².